The summed E-state index contributed by atoms with van der Waals surface area (Å²) in [6.07, 6.45) is 7.94. The summed E-state index contributed by atoms with van der Waals surface area (Å²) in [5, 5.41) is 0. The average molecular weight is 295 g/mol. The van der Waals surface area contributed by atoms with Crippen molar-refractivity contribution in [1.82, 2.24) is 4.90 Å². The highest BCUT2D eigenvalue weighted by atomic mass is 16.2. The third-order valence-corrected chi connectivity index (χ3v) is 4.79. The van der Waals surface area contributed by atoms with E-state index in [4.69, 9.17) is 4.99 Å². The summed E-state index contributed by atoms with van der Waals surface area (Å²) in [6.45, 7) is 2.18. The van der Waals surface area contributed by atoms with Crippen LogP contribution in [0.1, 0.15) is 51.9 Å². The smallest absolute Gasteiger partial charge is 0.255 e. The normalized spacial score (nSPS) is 19.8. The van der Waals surface area contributed by atoms with Gasteiger partial charge in [-0.05, 0) is 19.3 Å². The molecule has 1 saturated carbocycles. The molecule has 115 valence electrons. The summed E-state index contributed by atoms with van der Waals surface area (Å²) < 4.78 is 0. The van der Waals surface area contributed by atoms with Crippen molar-refractivity contribution in [2.75, 3.05) is 6.44 Å². The standard InChI is InChI=1S/C18H24BN2O/c1-2-3-11-16-20-18(12-7-8-13-18)17(22)21(16)14-19-15-9-5-4-6-10-15/h4-6,9-10H,2-3,7-8,11-14H2,1H3. The average Bonchev–Trinajstić information content (AvgIpc) is 3.12. The van der Waals surface area contributed by atoms with Gasteiger partial charge in [0.1, 0.15) is 11.4 Å². The quantitative estimate of drug-likeness (QED) is 0.743. The Morgan fingerprint density at radius 2 is 1.95 bits per heavy atom. The number of rotatable bonds is 6. The largest absolute Gasteiger partial charge is 0.306 e. The van der Waals surface area contributed by atoms with Crippen molar-refractivity contribution in [2.45, 2.75) is 57.4 Å². The third kappa shape index (κ3) is 2.97. The lowest BCUT2D eigenvalue weighted by molar-refractivity contribution is -0.130. The molecule has 1 aromatic carbocycles. The van der Waals surface area contributed by atoms with E-state index in [2.05, 4.69) is 26.3 Å². The van der Waals surface area contributed by atoms with E-state index in [0.717, 1.165) is 56.2 Å². The van der Waals surface area contributed by atoms with E-state index in [9.17, 15) is 4.79 Å². The molecule has 3 nitrogen and oxygen atoms in total. The molecule has 1 aromatic rings. The second kappa shape index (κ2) is 6.68. The van der Waals surface area contributed by atoms with Crippen molar-refractivity contribution in [1.29, 1.82) is 0 Å². The number of aliphatic imine (C=N–C) groups is 1. The van der Waals surface area contributed by atoms with Gasteiger partial charge in [0.25, 0.3) is 5.91 Å². The SMILES string of the molecule is CCCCC1=NC2(CCCC2)C(=O)N1C[B]c1ccccc1. The molecule has 1 aliphatic heterocycles. The van der Waals surface area contributed by atoms with Gasteiger partial charge in [0.15, 0.2) is 7.28 Å². The van der Waals surface area contributed by atoms with Crippen molar-refractivity contribution in [3.63, 3.8) is 0 Å². The van der Waals surface area contributed by atoms with Crippen LogP contribution in [0.2, 0.25) is 0 Å². The molecule has 1 amide bonds. The number of benzene rings is 1. The van der Waals surface area contributed by atoms with E-state index in [1.807, 2.05) is 23.1 Å². The van der Waals surface area contributed by atoms with E-state index in [1.54, 1.807) is 0 Å². The van der Waals surface area contributed by atoms with Crippen LogP contribution in [0, 0.1) is 0 Å². The molecule has 2 aliphatic rings. The highest BCUT2D eigenvalue weighted by Gasteiger charge is 2.48. The summed E-state index contributed by atoms with van der Waals surface area (Å²) >= 11 is 0. The molecule has 0 N–H and O–H groups in total. The molecule has 0 aromatic heterocycles. The van der Waals surface area contributed by atoms with Crippen LogP contribution in [0.3, 0.4) is 0 Å². The monoisotopic (exact) mass is 295 g/mol. The highest BCUT2D eigenvalue weighted by Crippen LogP contribution is 2.39. The van der Waals surface area contributed by atoms with Crippen molar-refractivity contribution in [2.24, 2.45) is 4.99 Å². The van der Waals surface area contributed by atoms with Gasteiger partial charge in [-0.25, -0.2) is 0 Å². The highest BCUT2D eigenvalue weighted by molar-refractivity contribution is 6.54. The Balaban J connectivity index is 1.73. The first-order valence-electron chi connectivity index (χ1n) is 8.54. The second-order valence-electron chi connectivity index (χ2n) is 6.40. The van der Waals surface area contributed by atoms with Crippen LogP contribution in [0.5, 0.6) is 0 Å². The predicted octanol–water partition coefficient (Wildman–Crippen LogP) is 2.72. The molecule has 0 unspecified atom stereocenters. The summed E-state index contributed by atoms with van der Waals surface area (Å²) in [4.78, 5) is 19.8. The molecule has 1 aliphatic carbocycles. The number of hydrogen-bond acceptors (Lipinski definition) is 2. The van der Waals surface area contributed by atoms with Crippen LogP contribution in [-0.4, -0.2) is 35.9 Å². The van der Waals surface area contributed by atoms with Crippen LogP contribution in [-0.2, 0) is 4.79 Å². The van der Waals surface area contributed by atoms with Gasteiger partial charge < -0.3 is 4.90 Å². The van der Waals surface area contributed by atoms with Gasteiger partial charge in [-0.15, -0.1) is 0 Å². The maximum absolute atomic E-state index is 12.9. The fourth-order valence-electron chi connectivity index (χ4n) is 3.51. The third-order valence-electron chi connectivity index (χ3n) is 4.79. The molecule has 1 heterocycles. The van der Waals surface area contributed by atoms with E-state index in [-0.39, 0.29) is 5.91 Å². The number of unbranched alkanes of at least 4 members (excludes halogenated alkanes) is 1. The van der Waals surface area contributed by atoms with Gasteiger partial charge >= 0.3 is 0 Å². The molecule has 0 atom stereocenters. The zero-order valence-electron chi connectivity index (χ0n) is 13.4. The Morgan fingerprint density at radius 3 is 2.64 bits per heavy atom. The number of amides is 1. The number of amidine groups is 1. The van der Waals surface area contributed by atoms with Gasteiger partial charge in [0, 0.05) is 12.9 Å². The molecule has 1 radical (unpaired) electrons. The van der Waals surface area contributed by atoms with Crippen molar-refractivity contribution >= 4 is 24.5 Å². The van der Waals surface area contributed by atoms with Gasteiger partial charge in [0.05, 0.1) is 0 Å². The Hall–Kier alpha value is -1.58. The molecular weight excluding hydrogens is 271 g/mol. The van der Waals surface area contributed by atoms with Crippen LogP contribution < -0.4 is 5.46 Å². The first kappa shape index (κ1) is 15.3. The van der Waals surface area contributed by atoms with E-state index < -0.39 is 5.54 Å². The Bertz CT molecular complexity index is 549. The first-order chi connectivity index (χ1) is 10.7. The topological polar surface area (TPSA) is 32.7 Å². The minimum absolute atomic E-state index is 0.239. The maximum atomic E-state index is 12.9. The molecule has 3 rings (SSSR count). The molecule has 0 saturated heterocycles. The minimum Gasteiger partial charge on any atom is -0.306 e. The van der Waals surface area contributed by atoms with Gasteiger partial charge in [-0.1, -0.05) is 62.0 Å². The van der Waals surface area contributed by atoms with Crippen LogP contribution in [0.15, 0.2) is 35.3 Å². The minimum atomic E-state index is -0.409. The number of hydrogen-bond donors (Lipinski definition) is 0. The number of carbonyl (C=O) groups is 1. The zero-order valence-corrected chi connectivity index (χ0v) is 13.4. The van der Waals surface area contributed by atoms with Crippen LogP contribution in [0.4, 0.5) is 0 Å². The predicted molar refractivity (Wildman–Crippen MR) is 91.7 cm³/mol. The van der Waals surface area contributed by atoms with E-state index >= 15 is 0 Å². The summed E-state index contributed by atoms with van der Waals surface area (Å²) in [7, 11) is 2.13. The molecule has 22 heavy (non-hydrogen) atoms. The maximum Gasteiger partial charge on any atom is 0.255 e. The molecule has 1 spiro atoms. The lowest BCUT2D eigenvalue weighted by Crippen LogP contribution is -2.44. The molecular formula is C18H24BN2O. The Kier molecular flexibility index (Phi) is 4.65. The zero-order chi connectivity index (χ0) is 15.4. The molecule has 0 bridgehead atoms. The van der Waals surface area contributed by atoms with Gasteiger partial charge in [-0.3, -0.25) is 9.79 Å². The summed E-state index contributed by atoms with van der Waals surface area (Å²) in [5.41, 5.74) is 0.755. The van der Waals surface area contributed by atoms with E-state index in [1.165, 1.54) is 0 Å². The number of nitrogens with zero attached hydrogens (tertiary/aromatic N) is 2. The van der Waals surface area contributed by atoms with Crippen LogP contribution in [0.25, 0.3) is 0 Å². The van der Waals surface area contributed by atoms with Crippen LogP contribution >= 0.6 is 0 Å². The first-order valence-corrected chi connectivity index (χ1v) is 8.54. The summed E-state index contributed by atoms with van der Waals surface area (Å²) in [6, 6.07) is 10.2. The Labute approximate surface area is 134 Å². The van der Waals surface area contributed by atoms with Gasteiger partial charge in [-0.2, -0.15) is 0 Å². The second-order valence-corrected chi connectivity index (χ2v) is 6.40. The lowest BCUT2D eigenvalue weighted by Gasteiger charge is -2.22. The van der Waals surface area contributed by atoms with Gasteiger partial charge in [0.2, 0.25) is 0 Å². The fraction of sp³-hybridized carbons (Fsp3) is 0.556. The van der Waals surface area contributed by atoms with Crippen molar-refractivity contribution in [3.05, 3.63) is 30.3 Å². The molecule has 4 heteroatoms. The molecule has 1 fully saturated rings. The van der Waals surface area contributed by atoms with Crippen molar-refractivity contribution in [3.8, 4) is 0 Å². The summed E-state index contributed by atoms with van der Waals surface area (Å²) in [5.74, 6) is 1.25. The number of carbonyl (C=O) groups excluding carboxylic acids is 1. The Morgan fingerprint density at radius 1 is 1.23 bits per heavy atom. The van der Waals surface area contributed by atoms with E-state index in [0.29, 0.717) is 6.44 Å². The fourth-order valence-corrected chi connectivity index (χ4v) is 3.51. The lowest BCUT2D eigenvalue weighted by atomic mass is 9.70. The van der Waals surface area contributed by atoms with Crippen molar-refractivity contribution < 1.29 is 4.79 Å².